The number of fused-ring (bicyclic) bond motifs is 2. The average Bonchev–Trinajstić information content (AvgIpc) is 3.40. The van der Waals surface area contributed by atoms with Crippen LogP contribution in [0.1, 0.15) is 15.9 Å². The fourth-order valence-corrected chi connectivity index (χ4v) is 4.30. The molecule has 0 aliphatic carbocycles. The molecule has 0 saturated heterocycles. The van der Waals surface area contributed by atoms with Crippen molar-refractivity contribution in [3.8, 4) is 11.4 Å². The van der Waals surface area contributed by atoms with E-state index in [0.29, 0.717) is 16.2 Å². The van der Waals surface area contributed by atoms with Crippen LogP contribution in [0, 0.1) is 6.92 Å². The van der Waals surface area contributed by atoms with E-state index in [1.54, 1.807) is 18.2 Å². The minimum Gasteiger partial charge on any atom is -0.452 e. The summed E-state index contributed by atoms with van der Waals surface area (Å²) in [5.41, 5.74) is 4.68. The fraction of sp³-hybridized carbons (Fsp3) is 0.0833. The zero-order chi connectivity index (χ0) is 22.1. The predicted molar refractivity (Wildman–Crippen MR) is 125 cm³/mol. The summed E-state index contributed by atoms with van der Waals surface area (Å²) in [6, 6.07) is 20.7. The maximum atomic E-state index is 12.5. The molecule has 0 atom stereocenters. The summed E-state index contributed by atoms with van der Waals surface area (Å²) in [6.45, 7) is 1.60. The van der Waals surface area contributed by atoms with Gasteiger partial charge in [-0.2, -0.15) is 0 Å². The van der Waals surface area contributed by atoms with Crippen LogP contribution in [-0.4, -0.2) is 33.4 Å². The van der Waals surface area contributed by atoms with Crippen LogP contribution >= 0.6 is 11.3 Å². The normalized spacial score (nSPS) is 11.0. The Balaban J connectivity index is 1.24. The first kappa shape index (κ1) is 19.9. The lowest BCUT2D eigenvalue weighted by Gasteiger charge is -2.04. The average molecular weight is 443 g/mol. The summed E-state index contributed by atoms with van der Waals surface area (Å²) in [4.78, 5) is 36.8. The van der Waals surface area contributed by atoms with E-state index in [-0.39, 0.29) is 0 Å². The van der Waals surface area contributed by atoms with Gasteiger partial charge in [0.2, 0.25) is 0 Å². The highest BCUT2D eigenvalue weighted by atomic mass is 32.1. The molecule has 0 aliphatic heterocycles. The highest BCUT2D eigenvalue weighted by Crippen LogP contribution is 2.26. The quantitative estimate of drug-likeness (QED) is 0.376. The van der Waals surface area contributed by atoms with E-state index < -0.39 is 18.5 Å². The van der Waals surface area contributed by atoms with Gasteiger partial charge in [0.05, 0.1) is 26.8 Å². The van der Waals surface area contributed by atoms with E-state index in [1.165, 1.54) is 11.3 Å². The zero-order valence-corrected chi connectivity index (χ0v) is 17.9. The lowest BCUT2D eigenvalue weighted by atomic mass is 10.2. The van der Waals surface area contributed by atoms with E-state index >= 15 is 0 Å². The maximum absolute atomic E-state index is 12.5. The first-order valence-electron chi connectivity index (χ1n) is 9.94. The standard InChI is InChI=1S/C24H18N4O3S/c1-14-7-9-18-20(11-14)32-24(27-18)28-21(29)13-31-23(30)16-8-10-17-19(12-16)26-22(25-17)15-5-3-2-4-6-15/h2-12H,13H2,1H3,(H,25,26)(H,27,28,29). The Morgan fingerprint density at radius 1 is 1.00 bits per heavy atom. The number of anilines is 1. The van der Waals surface area contributed by atoms with E-state index in [1.807, 2.05) is 55.5 Å². The highest BCUT2D eigenvalue weighted by molar-refractivity contribution is 7.22. The number of benzene rings is 3. The van der Waals surface area contributed by atoms with Crippen molar-refractivity contribution >= 4 is 49.6 Å². The Labute approximate surface area is 187 Å². The number of carbonyl (C=O) groups excluding carboxylic acids is 2. The molecule has 0 fully saturated rings. The van der Waals surface area contributed by atoms with E-state index in [9.17, 15) is 9.59 Å². The Hall–Kier alpha value is -4.04. The highest BCUT2D eigenvalue weighted by Gasteiger charge is 2.14. The molecule has 0 aliphatic rings. The van der Waals surface area contributed by atoms with E-state index in [4.69, 9.17) is 4.74 Å². The van der Waals surface area contributed by atoms with Crippen molar-refractivity contribution in [3.63, 3.8) is 0 Å². The van der Waals surface area contributed by atoms with Gasteiger partial charge in [-0.25, -0.2) is 14.8 Å². The second-order valence-electron chi connectivity index (χ2n) is 7.30. The van der Waals surface area contributed by atoms with Crippen LogP contribution in [0.5, 0.6) is 0 Å². The molecule has 3 aromatic carbocycles. The fourth-order valence-electron chi connectivity index (χ4n) is 3.32. The Kier molecular flexibility index (Phi) is 5.12. The number of aromatic nitrogens is 3. The van der Waals surface area contributed by atoms with Gasteiger partial charge in [-0.1, -0.05) is 47.7 Å². The van der Waals surface area contributed by atoms with Gasteiger partial charge in [0.25, 0.3) is 5.91 Å². The molecule has 158 valence electrons. The summed E-state index contributed by atoms with van der Waals surface area (Å²) in [5, 5.41) is 3.16. The molecule has 0 radical (unpaired) electrons. The first-order chi connectivity index (χ1) is 15.5. The lowest BCUT2D eigenvalue weighted by Crippen LogP contribution is -2.20. The first-order valence-corrected chi connectivity index (χ1v) is 10.8. The number of aryl methyl sites for hydroxylation is 1. The molecule has 5 rings (SSSR count). The van der Waals surface area contributed by atoms with E-state index in [2.05, 4.69) is 20.3 Å². The molecular formula is C24H18N4O3S. The second kappa shape index (κ2) is 8.24. The van der Waals surface area contributed by atoms with Gasteiger partial charge < -0.3 is 9.72 Å². The number of H-pyrrole nitrogens is 1. The van der Waals surface area contributed by atoms with Gasteiger partial charge in [0, 0.05) is 5.56 Å². The lowest BCUT2D eigenvalue weighted by molar-refractivity contribution is -0.119. The summed E-state index contributed by atoms with van der Waals surface area (Å²) in [5.74, 6) is -0.308. The second-order valence-corrected chi connectivity index (χ2v) is 8.33. The largest absolute Gasteiger partial charge is 0.452 e. The Bertz CT molecular complexity index is 1460. The zero-order valence-electron chi connectivity index (χ0n) is 17.1. The number of nitrogens with one attached hydrogen (secondary N) is 2. The number of thiazole rings is 1. The number of aromatic amines is 1. The van der Waals surface area contributed by atoms with Crippen molar-refractivity contribution in [3.05, 3.63) is 77.9 Å². The molecule has 2 N–H and O–H groups in total. The van der Waals surface area contributed by atoms with Crippen molar-refractivity contribution in [2.24, 2.45) is 0 Å². The van der Waals surface area contributed by atoms with Crippen LogP contribution in [0.25, 0.3) is 32.6 Å². The number of ether oxygens (including phenoxy) is 1. The number of carbonyl (C=O) groups is 2. The number of amides is 1. The van der Waals surface area contributed by atoms with Crippen LogP contribution in [0.3, 0.4) is 0 Å². The SMILES string of the molecule is Cc1ccc2nc(NC(=O)COC(=O)c3ccc4nc(-c5ccccc5)[nH]c4c3)sc2c1. The molecule has 5 aromatic rings. The predicted octanol–water partition coefficient (Wildman–Crippen LogP) is 4.94. The number of esters is 1. The van der Waals surface area contributed by atoms with Crippen LogP contribution in [-0.2, 0) is 9.53 Å². The van der Waals surface area contributed by atoms with E-state index in [0.717, 1.165) is 32.7 Å². The van der Waals surface area contributed by atoms with Crippen molar-refractivity contribution in [1.82, 2.24) is 15.0 Å². The van der Waals surface area contributed by atoms with Crippen molar-refractivity contribution in [2.75, 3.05) is 11.9 Å². The third-order valence-electron chi connectivity index (χ3n) is 4.89. The number of imidazole rings is 1. The van der Waals surface area contributed by atoms with Gasteiger partial charge in [-0.05, 0) is 42.8 Å². The number of nitrogens with zero attached hydrogens (tertiary/aromatic N) is 2. The molecular weight excluding hydrogens is 424 g/mol. The molecule has 0 spiro atoms. The van der Waals surface area contributed by atoms with Crippen LogP contribution in [0.4, 0.5) is 5.13 Å². The van der Waals surface area contributed by atoms with Gasteiger partial charge in [0.1, 0.15) is 5.82 Å². The molecule has 8 heteroatoms. The van der Waals surface area contributed by atoms with Gasteiger partial charge >= 0.3 is 5.97 Å². The molecule has 2 heterocycles. The minimum absolute atomic E-state index is 0.337. The van der Waals surface area contributed by atoms with Crippen LogP contribution in [0.15, 0.2) is 66.7 Å². The summed E-state index contributed by atoms with van der Waals surface area (Å²) in [6.07, 6.45) is 0. The molecule has 0 saturated carbocycles. The Morgan fingerprint density at radius 2 is 1.81 bits per heavy atom. The smallest absolute Gasteiger partial charge is 0.338 e. The van der Waals surface area contributed by atoms with Crippen molar-refractivity contribution in [2.45, 2.75) is 6.92 Å². The topological polar surface area (TPSA) is 97.0 Å². The summed E-state index contributed by atoms with van der Waals surface area (Å²) in [7, 11) is 0. The molecule has 32 heavy (non-hydrogen) atoms. The van der Waals surface area contributed by atoms with Crippen LogP contribution in [0.2, 0.25) is 0 Å². The van der Waals surface area contributed by atoms with Gasteiger partial charge in [-0.3, -0.25) is 10.1 Å². The molecule has 0 bridgehead atoms. The monoisotopic (exact) mass is 442 g/mol. The molecule has 1 amide bonds. The van der Waals surface area contributed by atoms with Crippen LogP contribution < -0.4 is 5.32 Å². The number of hydrogen-bond donors (Lipinski definition) is 2. The third-order valence-corrected chi connectivity index (χ3v) is 5.82. The molecule has 0 unspecified atom stereocenters. The van der Waals surface area contributed by atoms with Gasteiger partial charge in [-0.15, -0.1) is 0 Å². The van der Waals surface area contributed by atoms with Crippen molar-refractivity contribution in [1.29, 1.82) is 0 Å². The number of hydrogen-bond acceptors (Lipinski definition) is 6. The van der Waals surface area contributed by atoms with Crippen molar-refractivity contribution < 1.29 is 14.3 Å². The minimum atomic E-state index is -0.585. The number of rotatable bonds is 5. The Morgan fingerprint density at radius 3 is 2.66 bits per heavy atom. The maximum Gasteiger partial charge on any atom is 0.338 e. The summed E-state index contributed by atoms with van der Waals surface area (Å²) < 4.78 is 6.17. The van der Waals surface area contributed by atoms with Gasteiger partial charge in [0.15, 0.2) is 11.7 Å². The molecule has 2 aromatic heterocycles. The molecule has 7 nitrogen and oxygen atoms in total. The summed E-state index contributed by atoms with van der Waals surface area (Å²) >= 11 is 1.38. The third kappa shape index (κ3) is 4.08.